The van der Waals surface area contributed by atoms with Crippen molar-refractivity contribution in [2.75, 3.05) is 6.54 Å². The molecule has 0 saturated heterocycles. The van der Waals surface area contributed by atoms with Gasteiger partial charge in [-0.2, -0.15) is 5.10 Å². The maximum absolute atomic E-state index is 12.6. The Bertz CT molecular complexity index is 706. The minimum Gasteiger partial charge on any atom is -0.350 e. The SMILES string of the molecule is Cc1nc(CCNC(=O)c2cc(C3CC3)nn2C(C)(C)C)cs1. The number of nitrogens with one attached hydrogen (secondary N) is 1. The van der Waals surface area contributed by atoms with Crippen LogP contribution >= 0.6 is 11.3 Å². The molecule has 0 spiro atoms. The van der Waals surface area contributed by atoms with Gasteiger partial charge in [-0.3, -0.25) is 9.48 Å². The lowest BCUT2D eigenvalue weighted by molar-refractivity contribution is 0.0935. The van der Waals surface area contributed by atoms with Gasteiger partial charge in [-0.1, -0.05) is 0 Å². The summed E-state index contributed by atoms with van der Waals surface area (Å²) in [5.41, 5.74) is 2.55. The van der Waals surface area contributed by atoms with Gasteiger partial charge in [0.1, 0.15) is 5.69 Å². The van der Waals surface area contributed by atoms with Crippen molar-refractivity contribution in [2.24, 2.45) is 0 Å². The molecule has 0 aromatic carbocycles. The minimum absolute atomic E-state index is 0.0497. The first-order chi connectivity index (χ1) is 10.8. The van der Waals surface area contributed by atoms with E-state index in [9.17, 15) is 4.79 Å². The van der Waals surface area contributed by atoms with Crippen LogP contribution in [0.25, 0.3) is 0 Å². The Kier molecular flexibility index (Phi) is 4.27. The number of amides is 1. The summed E-state index contributed by atoms with van der Waals surface area (Å²) in [5.74, 6) is 0.495. The van der Waals surface area contributed by atoms with E-state index in [1.54, 1.807) is 11.3 Å². The van der Waals surface area contributed by atoms with Crippen LogP contribution in [-0.2, 0) is 12.0 Å². The minimum atomic E-state index is -0.203. The smallest absolute Gasteiger partial charge is 0.269 e. The number of aryl methyl sites for hydroxylation is 1. The standard InChI is InChI=1S/C17H24N4OS/c1-11-19-13(10-23-11)7-8-18-16(22)15-9-14(12-5-6-12)20-21(15)17(2,3)4/h9-10,12H,5-8H2,1-4H3,(H,18,22). The van der Waals surface area contributed by atoms with E-state index in [4.69, 9.17) is 0 Å². The molecule has 124 valence electrons. The Morgan fingerprint density at radius 3 is 2.74 bits per heavy atom. The van der Waals surface area contributed by atoms with Gasteiger partial charge in [-0.05, 0) is 46.6 Å². The average molecular weight is 332 g/mol. The Balaban J connectivity index is 1.68. The molecule has 1 aliphatic carbocycles. The number of nitrogens with zero attached hydrogens (tertiary/aromatic N) is 3. The van der Waals surface area contributed by atoms with Gasteiger partial charge in [0.25, 0.3) is 5.91 Å². The molecule has 23 heavy (non-hydrogen) atoms. The second kappa shape index (κ2) is 6.07. The lowest BCUT2D eigenvalue weighted by Gasteiger charge is -2.22. The van der Waals surface area contributed by atoms with E-state index in [0.717, 1.165) is 22.8 Å². The highest BCUT2D eigenvalue weighted by molar-refractivity contribution is 7.09. The van der Waals surface area contributed by atoms with Gasteiger partial charge < -0.3 is 5.32 Å². The number of hydrogen-bond donors (Lipinski definition) is 1. The third-order valence-corrected chi connectivity index (χ3v) is 4.75. The monoisotopic (exact) mass is 332 g/mol. The fourth-order valence-electron chi connectivity index (χ4n) is 2.57. The molecule has 2 aromatic rings. The first-order valence-electron chi connectivity index (χ1n) is 8.14. The van der Waals surface area contributed by atoms with Crippen LogP contribution < -0.4 is 5.32 Å². The predicted octanol–water partition coefficient (Wildman–Crippen LogP) is 3.25. The zero-order chi connectivity index (χ0) is 16.6. The molecule has 2 aromatic heterocycles. The molecule has 0 aliphatic heterocycles. The summed E-state index contributed by atoms with van der Waals surface area (Å²) in [4.78, 5) is 17.0. The Hall–Kier alpha value is -1.69. The zero-order valence-electron chi connectivity index (χ0n) is 14.2. The fraction of sp³-hybridized carbons (Fsp3) is 0.588. The molecule has 0 atom stereocenters. The van der Waals surface area contributed by atoms with Crippen molar-refractivity contribution in [3.8, 4) is 0 Å². The second-order valence-electron chi connectivity index (χ2n) is 7.18. The van der Waals surface area contributed by atoms with Crippen LogP contribution in [0.5, 0.6) is 0 Å². The molecule has 1 fully saturated rings. The number of rotatable bonds is 5. The van der Waals surface area contributed by atoms with Gasteiger partial charge in [-0.25, -0.2) is 4.98 Å². The first kappa shape index (κ1) is 16.2. The molecule has 3 rings (SSSR count). The molecule has 1 saturated carbocycles. The summed E-state index contributed by atoms with van der Waals surface area (Å²) in [7, 11) is 0. The summed E-state index contributed by atoms with van der Waals surface area (Å²) in [6, 6.07) is 1.96. The van der Waals surface area contributed by atoms with Crippen molar-refractivity contribution >= 4 is 17.2 Å². The molecule has 0 radical (unpaired) electrons. The topological polar surface area (TPSA) is 59.8 Å². The Labute approximate surface area is 141 Å². The third-order valence-electron chi connectivity index (χ3n) is 3.93. The number of hydrogen-bond acceptors (Lipinski definition) is 4. The Morgan fingerprint density at radius 2 is 2.17 bits per heavy atom. The zero-order valence-corrected chi connectivity index (χ0v) is 15.0. The maximum Gasteiger partial charge on any atom is 0.269 e. The number of carbonyl (C=O) groups excluding carboxylic acids is 1. The van der Waals surface area contributed by atoms with E-state index in [1.807, 2.05) is 23.1 Å². The number of carbonyl (C=O) groups is 1. The highest BCUT2D eigenvalue weighted by Gasteiger charge is 2.31. The molecule has 0 unspecified atom stereocenters. The highest BCUT2D eigenvalue weighted by atomic mass is 32.1. The molecular formula is C17H24N4OS. The van der Waals surface area contributed by atoms with Gasteiger partial charge in [0.05, 0.1) is 21.9 Å². The van der Waals surface area contributed by atoms with E-state index in [0.29, 0.717) is 18.2 Å². The van der Waals surface area contributed by atoms with Crippen molar-refractivity contribution in [3.05, 3.63) is 33.5 Å². The van der Waals surface area contributed by atoms with Gasteiger partial charge in [0.2, 0.25) is 0 Å². The van der Waals surface area contributed by atoms with E-state index in [2.05, 4.69) is 36.2 Å². The molecule has 5 nitrogen and oxygen atoms in total. The van der Waals surface area contributed by atoms with Crippen LogP contribution in [0.15, 0.2) is 11.4 Å². The van der Waals surface area contributed by atoms with Gasteiger partial charge in [-0.15, -0.1) is 11.3 Å². The van der Waals surface area contributed by atoms with E-state index in [-0.39, 0.29) is 11.4 Å². The van der Waals surface area contributed by atoms with Crippen molar-refractivity contribution in [1.82, 2.24) is 20.1 Å². The molecule has 0 bridgehead atoms. The van der Waals surface area contributed by atoms with Crippen LogP contribution in [0.2, 0.25) is 0 Å². The van der Waals surface area contributed by atoms with Crippen LogP contribution in [0.3, 0.4) is 0 Å². The predicted molar refractivity (Wildman–Crippen MR) is 92.1 cm³/mol. The maximum atomic E-state index is 12.6. The summed E-state index contributed by atoms with van der Waals surface area (Å²) in [6.45, 7) is 8.81. The van der Waals surface area contributed by atoms with Crippen LogP contribution in [0, 0.1) is 6.92 Å². The summed E-state index contributed by atoms with van der Waals surface area (Å²) >= 11 is 1.64. The molecular weight excluding hydrogens is 308 g/mol. The Morgan fingerprint density at radius 1 is 1.43 bits per heavy atom. The van der Waals surface area contributed by atoms with Crippen LogP contribution in [0.4, 0.5) is 0 Å². The van der Waals surface area contributed by atoms with E-state index in [1.165, 1.54) is 12.8 Å². The van der Waals surface area contributed by atoms with Crippen molar-refractivity contribution in [3.63, 3.8) is 0 Å². The lowest BCUT2D eigenvalue weighted by Crippen LogP contribution is -2.33. The normalized spacial score (nSPS) is 15.0. The number of thiazole rings is 1. The first-order valence-corrected chi connectivity index (χ1v) is 9.02. The average Bonchev–Trinajstić information content (AvgIpc) is 3.06. The largest absolute Gasteiger partial charge is 0.350 e. The third kappa shape index (κ3) is 3.80. The number of aromatic nitrogens is 3. The summed E-state index contributed by atoms with van der Waals surface area (Å²) in [5, 5.41) is 10.8. The fourth-order valence-corrected chi connectivity index (χ4v) is 3.22. The summed E-state index contributed by atoms with van der Waals surface area (Å²) in [6.07, 6.45) is 3.13. The molecule has 6 heteroatoms. The lowest BCUT2D eigenvalue weighted by atomic mass is 10.1. The second-order valence-corrected chi connectivity index (χ2v) is 8.24. The van der Waals surface area contributed by atoms with Crippen molar-refractivity contribution in [2.45, 2.75) is 58.4 Å². The van der Waals surface area contributed by atoms with Crippen molar-refractivity contribution in [1.29, 1.82) is 0 Å². The van der Waals surface area contributed by atoms with Gasteiger partial charge in [0, 0.05) is 24.3 Å². The molecule has 1 N–H and O–H groups in total. The summed E-state index contributed by atoms with van der Waals surface area (Å²) < 4.78 is 1.86. The quantitative estimate of drug-likeness (QED) is 0.914. The molecule has 1 aliphatic rings. The molecule has 1 amide bonds. The van der Waals surface area contributed by atoms with Gasteiger partial charge in [0.15, 0.2) is 0 Å². The molecule has 2 heterocycles. The van der Waals surface area contributed by atoms with Crippen LogP contribution in [0.1, 0.15) is 66.4 Å². The van der Waals surface area contributed by atoms with Crippen LogP contribution in [-0.4, -0.2) is 27.2 Å². The van der Waals surface area contributed by atoms with Crippen molar-refractivity contribution < 1.29 is 4.79 Å². The van der Waals surface area contributed by atoms with E-state index < -0.39 is 0 Å². The highest BCUT2D eigenvalue weighted by Crippen LogP contribution is 2.40. The van der Waals surface area contributed by atoms with E-state index >= 15 is 0 Å². The van der Waals surface area contributed by atoms with Gasteiger partial charge >= 0.3 is 0 Å².